The summed E-state index contributed by atoms with van der Waals surface area (Å²) >= 11 is 0. The molecular weight excluding hydrogens is 330 g/mol. The zero-order valence-corrected chi connectivity index (χ0v) is 14.4. The first-order chi connectivity index (χ1) is 11.4. The van der Waals surface area contributed by atoms with Gasteiger partial charge in [0.25, 0.3) is 0 Å². The Kier molecular flexibility index (Phi) is 5.86. The number of carbonyl (C=O) groups is 1. The van der Waals surface area contributed by atoms with E-state index in [0.717, 1.165) is 6.42 Å². The van der Waals surface area contributed by atoms with Crippen LogP contribution in [0, 0.1) is 11.8 Å². The van der Waals surface area contributed by atoms with Crippen LogP contribution >= 0.6 is 0 Å². The molecule has 6 nitrogen and oxygen atoms in total. The lowest BCUT2D eigenvalue weighted by Gasteiger charge is -2.33. The standard InChI is InChI=1S/C17H21NO5S/c1-2-3-13-23-14-7-9-15(10-8-14)24(21,22)18-17(16(19)20)11-5-4-6-12-17/h7-10,18H,4-6,11-13H2,1H3,(H,19,20). The molecule has 0 heterocycles. The third kappa shape index (κ3) is 4.28. The van der Waals surface area contributed by atoms with E-state index >= 15 is 0 Å². The number of aliphatic carboxylic acids is 1. The number of carboxylic acids is 1. The molecule has 1 aliphatic rings. The molecule has 2 rings (SSSR count). The van der Waals surface area contributed by atoms with Gasteiger partial charge in [0, 0.05) is 0 Å². The average molecular weight is 351 g/mol. The first-order valence-corrected chi connectivity index (χ1v) is 9.28. The van der Waals surface area contributed by atoms with Crippen molar-refractivity contribution >= 4 is 16.0 Å². The minimum Gasteiger partial charge on any atom is -0.481 e. The Labute approximate surface area is 142 Å². The summed E-state index contributed by atoms with van der Waals surface area (Å²) in [5, 5.41) is 9.50. The third-order valence-electron chi connectivity index (χ3n) is 4.07. The highest BCUT2D eigenvalue weighted by atomic mass is 32.2. The van der Waals surface area contributed by atoms with Gasteiger partial charge in [0.05, 0.1) is 4.90 Å². The zero-order chi connectivity index (χ0) is 17.6. The van der Waals surface area contributed by atoms with Crippen molar-refractivity contribution in [2.45, 2.75) is 49.5 Å². The minimum atomic E-state index is -3.92. The Bertz CT molecular complexity index is 737. The molecular formula is C17H21NO5S. The molecule has 1 fully saturated rings. The van der Waals surface area contributed by atoms with Gasteiger partial charge in [0.1, 0.15) is 17.9 Å². The van der Waals surface area contributed by atoms with Crippen molar-refractivity contribution in [2.75, 3.05) is 6.61 Å². The van der Waals surface area contributed by atoms with E-state index in [1.54, 1.807) is 6.92 Å². The van der Waals surface area contributed by atoms with Crippen LogP contribution in [-0.2, 0) is 14.8 Å². The van der Waals surface area contributed by atoms with E-state index in [9.17, 15) is 18.3 Å². The highest BCUT2D eigenvalue weighted by Crippen LogP contribution is 2.30. The first kappa shape index (κ1) is 18.3. The number of nitrogens with one attached hydrogen (secondary N) is 1. The van der Waals surface area contributed by atoms with Crippen LogP contribution in [-0.4, -0.2) is 31.6 Å². The summed E-state index contributed by atoms with van der Waals surface area (Å²) < 4.78 is 32.8. The van der Waals surface area contributed by atoms with Crippen LogP contribution in [0.25, 0.3) is 0 Å². The second-order valence-electron chi connectivity index (χ2n) is 5.74. The average Bonchev–Trinajstić information content (AvgIpc) is 2.56. The number of carboxylic acid groups (broad SMARTS) is 1. The Morgan fingerprint density at radius 1 is 1.25 bits per heavy atom. The topological polar surface area (TPSA) is 92.7 Å². The second-order valence-corrected chi connectivity index (χ2v) is 7.42. The molecule has 0 aromatic heterocycles. The lowest BCUT2D eigenvalue weighted by molar-refractivity contribution is -0.145. The molecule has 1 saturated carbocycles. The quantitative estimate of drug-likeness (QED) is 0.766. The monoisotopic (exact) mass is 351 g/mol. The largest absolute Gasteiger partial charge is 0.481 e. The van der Waals surface area contributed by atoms with Gasteiger partial charge in [-0.25, -0.2) is 8.42 Å². The van der Waals surface area contributed by atoms with Gasteiger partial charge in [0.2, 0.25) is 10.0 Å². The fourth-order valence-corrected chi connectivity index (χ4v) is 4.16. The molecule has 7 heteroatoms. The summed E-state index contributed by atoms with van der Waals surface area (Å²) in [6.07, 6.45) is 2.92. The van der Waals surface area contributed by atoms with Crippen molar-refractivity contribution in [3.63, 3.8) is 0 Å². The summed E-state index contributed by atoms with van der Waals surface area (Å²) in [4.78, 5) is 11.6. The molecule has 1 aliphatic carbocycles. The minimum absolute atomic E-state index is 0.0163. The van der Waals surface area contributed by atoms with Crippen molar-refractivity contribution in [1.29, 1.82) is 0 Å². The van der Waals surface area contributed by atoms with E-state index in [-0.39, 0.29) is 11.5 Å². The van der Waals surface area contributed by atoms with Gasteiger partial charge in [-0.2, -0.15) is 4.72 Å². The van der Waals surface area contributed by atoms with Gasteiger partial charge in [-0.15, -0.1) is 5.92 Å². The zero-order valence-electron chi connectivity index (χ0n) is 13.5. The van der Waals surface area contributed by atoms with Gasteiger partial charge in [-0.3, -0.25) is 4.79 Å². The molecule has 0 radical (unpaired) electrons. The van der Waals surface area contributed by atoms with Crippen LogP contribution in [0.1, 0.15) is 39.0 Å². The molecule has 0 spiro atoms. The van der Waals surface area contributed by atoms with E-state index in [1.165, 1.54) is 24.3 Å². The molecule has 1 aromatic rings. The van der Waals surface area contributed by atoms with Crippen molar-refractivity contribution in [3.8, 4) is 17.6 Å². The Hall–Kier alpha value is -2.04. The fourth-order valence-electron chi connectivity index (χ4n) is 2.74. The predicted octanol–water partition coefficient (Wildman–Crippen LogP) is 2.15. The summed E-state index contributed by atoms with van der Waals surface area (Å²) in [6.45, 7) is 1.93. The van der Waals surface area contributed by atoms with Gasteiger partial charge in [0.15, 0.2) is 0 Å². The van der Waals surface area contributed by atoms with Crippen LogP contribution in [0.4, 0.5) is 0 Å². The van der Waals surface area contributed by atoms with Gasteiger partial charge in [-0.05, 0) is 44.0 Å². The number of rotatable bonds is 6. The second kappa shape index (κ2) is 7.69. The van der Waals surface area contributed by atoms with E-state index in [1.807, 2.05) is 0 Å². The van der Waals surface area contributed by atoms with Gasteiger partial charge < -0.3 is 9.84 Å². The number of sulfonamides is 1. The Balaban J connectivity index is 2.16. The smallest absolute Gasteiger partial charge is 0.324 e. The molecule has 0 saturated heterocycles. The van der Waals surface area contributed by atoms with Crippen LogP contribution in [0.3, 0.4) is 0 Å². The molecule has 1 aromatic carbocycles. The van der Waals surface area contributed by atoms with E-state index < -0.39 is 21.5 Å². The lowest BCUT2D eigenvalue weighted by Crippen LogP contribution is -2.55. The maximum atomic E-state index is 12.5. The molecule has 130 valence electrons. The molecule has 0 unspecified atom stereocenters. The van der Waals surface area contributed by atoms with Crippen molar-refractivity contribution in [1.82, 2.24) is 4.72 Å². The van der Waals surface area contributed by atoms with E-state index in [4.69, 9.17) is 4.74 Å². The summed E-state index contributed by atoms with van der Waals surface area (Å²) in [6, 6.07) is 5.85. The number of hydrogen-bond acceptors (Lipinski definition) is 4. The molecule has 24 heavy (non-hydrogen) atoms. The van der Waals surface area contributed by atoms with E-state index in [0.29, 0.717) is 31.4 Å². The SMILES string of the molecule is CC#CCOc1ccc(S(=O)(=O)NC2(C(=O)O)CCCCC2)cc1. The predicted molar refractivity (Wildman–Crippen MR) is 89.2 cm³/mol. The van der Waals surface area contributed by atoms with Crippen molar-refractivity contribution < 1.29 is 23.1 Å². The highest BCUT2D eigenvalue weighted by molar-refractivity contribution is 7.89. The summed E-state index contributed by atoms with van der Waals surface area (Å²) in [5.41, 5.74) is -1.41. The Morgan fingerprint density at radius 3 is 2.42 bits per heavy atom. The van der Waals surface area contributed by atoms with Crippen LogP contribution in [0.15, 0.2) is 29.2 Å². The summed E-state index contributed by atoms with van der Waals surface area (Å²) in [7, 11) is -3.92. The van der Waals surface area contributed by atoms with Crippen LogP contribution in [0.5, 0.6) is 5.75 Å². The maximum absolute atomic E-state index is 12.5. The van der Waals surface area contributed by atoms with Crippen molar-refractivity contribution in [3.05, 3.63) is 24.3 Å². The summed E-state index contributed by atoms with van der Waals surface area (Å²) in [5.74, 6) is 4.82. The lowest BCUT2D eigenvalue weighted by atomic mass is 9.83. The normalized spacial score (nSPS) is 16.7. The maximum Gasteiger partial charge on any atom is 0.324 e. The number of hydrogen-bond donors (Lipinski definition) is 2. The molecule has 0 aliphatic heterocycles. The highest BCUT2D eigenvalue weighted by Gasteiger charge is 2.43. The molecule has 0 amide bonds. The first-order valence-electron chi connectivity index (χ1n) is 7.79. The van der Waals surface area contributed by atoms with Crippen molar-refractivity contribution in [2.24, 2.45) is 0 Å². The fraction of sp³-hybridized carbons (Fsp3) is 0.471. The molecule has 2 N–H and O–H groups in total. The number of benzene rings is 1. The van der Waals surface area contributed by atoms with Gasteiger partial charge >= 0.3 is 5.97 Å². The van der Waals surface area contributed by atoms with Crippen LogP contribution in [0.2, 0.25) is 0 Å². The third-order valence-corrected chi connectivity index (χ3v) is 5.62. The molecule has 0 bridgehead atoms. The van der Waals surface area contributed by atoms with E-state index in [2.05, 4.69) is 16.6 Å². The Morgan fingerprint density at radius 2 is 1.88 bits per heavy atom. The molecule has 0 atom stereocenters. The van der Waals surface area contributed by atoms with Gasteiger partial charge in [-0.1, -0.05) is 25.2 Å². The number of ether oxygens (including phenoxy) is 1. The van der Waals surface area contributed by atoms with Crippen LogP contribution < -0.4 is 9.46 Å².